The van der Waals surface area contributed by atoms with E-state index in [-0.39, 0.29) is 0 Å². The Morgan fingerprint density at radius 2 is 1.94 bits per heavy atom. The van der Waals surface area contributed by atoms with Gasteiger partial charge in [-0.2, -0.15) is 0 Å². The Morgan fingerprint density at radius 3 is 2.69 bits per heavy atom. The second kappa shape index (κ2) is 5.11. The van der Waals surface area contributed by atoms with Gasteiger partial charge in [0.05, 0.1) is 5.69 Å². The molecule has 0 radical (unpaired) electrons. The molecule has 2 aromatic heterocycles. The summed E-state index contributed by atoms with van der Waals surface area (Å²) >= 11 is 0. The molecule has 0 amide bonds. The van der Waals surface area contributed by atoms with Crippen LogP contribution in [0.5, 0.6) is 0 Å². The lowest BCUT2D eigenvalue weighted by Crippen LogP contribution is -2.07. The number of nitrogens with two attached hydrogens (primary N) is 1. The van der Waals surface area contributed by atoms with Gasteiger partial charge in [-0.05, 0) is 36.2 Å². The number of nitrogen functional groups attached to an aromatic ring is 1. The first-order valence-electron chi connectivity index (χ1n) is 5.19. The van der Waals surface area contributed by atoms with Gasteiger partial charge < -0.3 is 11.1 Å². The summed E-state index contributed by atoms with van der Waals surface area (Å²) in [6.45, 7) is 0.833. The first kappa shape index (κ1) is 10.4. The van der Waals surface area contributed by atoms with Crippen LogP contribution in [-0.2, 0) is 6.42 Å². The second-order valence-corrected chi connectivity index (χ2v) is 3.47. The van der Waals surface area contributed by atoms with Gasteiger partial charge in [-0.25, -0.2) is 4.98 Å². The van der Waals surface area contributed by atoms with Crippen molar-refractivity contribution in [1.29, 1.82) is 0 Å². The maximum atomic E-state index is 5.72. The molecule has 3 N–H and O–H groups in total. The highest BCUT2D eigenvalue weighted by Crippen LogP contribution is 2.13. The molecule has 0 fully saturated rings. The van der Waals surface area contributed by atoms with E-state index in [1.807, 2.05) is 24.3 Å². The van der Waals surface area contributed by atoms with Crippen molar-refractivity contribution >= 4 is 11.5 Å². The van der Waals surface area contributed by atoms with Crippen molar-refractivity contribution in [3.05, 3.63) is 48.4 Å². The van der Waals surface area contributed by atoms with Gasteiger partial charge >= 0.3 is 0 Å². The van der Waals surface area contributed by atoms with Gasteiger partial charge in [-0.15, -0.1) is 0 Å². The highest BCUT2D eigenvalue weighted by atomic mass is 14.9. The molecule has 0 saturated carbocycles. The van der Waals surface area contributed by atoms with E-state index in [1.165, 1.54) is 5.56 Å². The molecule has 4 nitrogen and oxygen atoms in total. The number of rotatable bonds is 4. The number of nitrogens with one attached hydrogen (secondary N) is 1. The Kier molecular flexibility index (Phi) is 3.33. The largest absolute Gasteiger partial charge is 0.382 e. The average molecular weight is 214 g/mol. The number of anilines is 2. The summed E-state index contributed by atoms with van der Waals surface area (Å²) in [5.41, 5.74) is 7.86. The van der Waals surface area contributed by atoms with Crippen LogP contribution in [0.15, 0.2) is 42.9 Å². The first-order chi connectivity index (χ1) is 7.86. The zero-order valence-electron chi connectivity index (χ0n) is 8.93. The van der Waals surface area contributed by atoms with E-state index in [2.05, 4.69) is 15.3 Å². The number of hydrogen-bond acceptors (Lipinski definition) is 4. The number of pyridine rings is 2. The van der Waals surface area contributed by atoms with Crippen LogP contribution >= 0.6 is 0 Å². The van der Waals surface area contributed by atoms with Crippen molar-refractivity contribution in [2.24, 2.45) is 0 Å². The highest BCUT2D eigenvalue weighted by Gasteiger charge is 1.97. The summed E-state index contributed by atoms with van der Waals surface area (Å²) in [4.78, 5) is 7.99. The molecular formula is C12H14N4. The van der Waals surface area contributed by atoms with E-state index in [9.17, 15) is 0 Å². The number of aromatic nitrogens is 2. The summed E-state index contributed by atoms with van der Waals surface area (Å²) in [7, 11) is 0. The zero-order valence-corrected chi connectivity index (χ0v) is 8.93. The molecule has 0 aliphatic rings. The van der Waals surface area contributed by atoms with E-state index in [0.717, 1.165) is 18.7 Å². The molecule has 0 aliphatic carbocycles. The van der Waals surface area contributed by atoms with Crippen LogP contribution in [0, 0.1) is 0 Å². The maximum absolute atomic E-state index is 5.72. The molecule has 0 saturated heterocycles. The minimum Gasteiger partial charge on any atom is -0.382 e. The lowest BCUT2D eigenvalue weighted by atomic mass is 10.2. The van der Waals surface area contributed by atoms with Crippen LogP contribution in [0.2, 0.25) is 0 Å². The smallest absolute Gasteiger partial charge is 0.146 e. The van der Waals surface area contributed by atoms with E-state index in [1.54, 1.807) is 18.6 Å². The van der Waals surface area contributed by atoms with E-state index in [4.69, 9.17) is 5.73 Å². The predicted molar refractivity (Wildman–Crippen MR) is 65.1 cm³/mol. The van der Waals surface area contributed by atoms with Gasteiger partial charge in [0.1, 0.15) is 5.82 Å². The molecule has 0 bridgehead atoms. The lowest BCUT2D eigenvalue weighted by Gasteiger charge is -2.07. The van der Waals surface area contributed by atoms with Gasteiger partial charge in [0.25, 0.3) is 0 Å². The summed E-state index contributed by atoms with van der Waals surface area (Å²) in [5.74, 6) is 0.539. The summed E-state index contributed by atoms with van der Waals surface area (Å²) in [6.07, 6.45) is 6.22. The Hall–Kier alpha value is -2.10. The average Bonchev–Trinajstić information content (AvgIpc) is 2.33. The van der Waals surface area contributed by atoms with Crippen molar-refractivity contribution < 1.29 is 0 Å². The van der Waals surface area contributed by atoms with Gasteiger partial charge in [-0.3, -0.25) is 4.98 Å². The molecule has 0 unspecified atom stereocenters. The molecule has 0 aromatic carbocycles. The van der Waals surface area contributed by atoms with Gasteiger partial charge in [0.15, 0.2) is 0 Å². The molecule has 2 heterocycles. The third kappa shape index (κ3) is 2.70. The summed E-state index contributed by atoms with van der Waals surface area (Å²) in [5, 5.41) is 3.25. The fourth-order valence-electron chi connectivity index (χ4n) is 1.46. The van der Waals surface area contributed by atoms with Crippen molar-refractivity contribution in [1.82, 2.24) is 9.97 Å². The summed E-state index contributed by atoms with van der Waals surface area (Å²) < 4.78 is 0. The fraction of sp³-hybridized carbons (Fsp3) is 0.167. The first-order valence-corrected chi connectivity index (χ1v) is 5.19. The topological polar surface area (TPSA) is 63.8 Å². The van der Waals surface area contributed by atoms with E-state index < -0.39 is 0 Å². The van der Waals surface area contributed by atoms with Crippen LogP contribution in [0.1, 0.15) is 5.56 Å². The van der Waals surface area contributed by atoms with Crippen LogP contribution < -0.4 is 11.1 Å². The lowest BCUT2D eigenvalue weighted by molar-refractivity contribution is 1.01. The summed E-state index contributed by atoms with van der Waals surface area (Å²) in [6, 6.07) is 7.81. The molecule has 2 rings (SSSR count). The Bertz CT molecular complexity index is 442. The minimum absolute atomic E-state index is 0.539. The molecule has 0 aliphatic heterocycles. The normalized spacial score (nSPS) is 10.0. The second-order valence-electron chi connectivity index (χ2n) is 3.47. The molecule has 0 spiro atoms. The number of hydrogen-bond donors (Lipinski definition) is 2. The van der Waals surface area contributed by atoms with Crippen LogP contribution in [0.25, 0.3) is 0 Å². The third-order valence-corrected chi connectivity index (χ3v) is 2.32. The Morgan fingerprint density at radius 1 is 1.12 bits per heavy atom. The van der Waals surface area contributed by atoms with Crippen LogP contribution in [0.3, 0.4) is 0 Å². The quantitative estimate of drug-likeness (QED) is 0.813. The van der Waals surface area contributed by atoms with Crippen molar-refractivity contribution in [2.45, 2.75) is 6.42 Å². The molecule has 82 valence electrons. The number of nitrogens with zero attached hydrogens (tertiary/aromatic N) is 2. The fourth-order valence-corrected chi connectivity index (χ4v) is 1.46. The maximum Gasteiger partial charge on any atom is 0.146 e. The van der Waals surface area contributed by atoms with Crippen molar-refractivity contribution in [3.63, 3.8) is 0 Å². The van der Waals surface area contributed by atoms with E-state index >= 15 is 0 Å². The molecule has 4 heteroatoms. The van der Waals surface area contributed by atoms with Crippen LogP contribution in [-0.4, -0.2) is 16.5 Å². The van der Waals surface area contributed by atoms with Crippen LogP contribution in [0.4, 0.5) is 11.5 Å². The molecular weight excluding hydrogens is 200 g/mol. The van der Waals surface area contributed by atoms with Gasteiger partial charge in [0.2, 0.25) is 0 Å². The minimum atomic E-state index is 0.539. The monoisotopic (exact) mass is 214 g/mol. The third-order valence-electron chi connectivity index (χ3n) is 2.32. The Labute approximate surface area is 94.5 Å². The van der Waals surface area contributed by atoms with Gasteiger partial charge in [-0.1, -0.05) is 0 Å². The molecule has 2 aromatic rings. The molecule has 0 atom stereocenters. The zero-order chi connectivity index (χ0) is 11.2. The molecule has 16 heavy (non-hydrogen) atoms. The van der Waals surface area contributed by atoms with E-state index in [0.29, 0.717) is 5.82 Å². The predicted octanol–water partition coefficient (Wildman–Crippen LogP) is 1.71. The SMILES string of the molecule is Nc1ncccc1NCCc1ccncc1. The Balaban J connectivity index is 1.87. The van der Waals surface area contributed by atoms with Crippen molar-refractivity contribution in [3.8, 4) is 0 Å². The van der Waals surface area contributed by atoms with Crippen molar-refractivity contribution in [2.75, 3.05) is 17.6 Å². The van der Waals surface area contributed by atoms with Gasteiger partial charge in [0, 0.05) is 25.1 Å². The standard InChI is InChI=1S/C12H14N4/c13-12-11(2-1-6-16-12)15-9-5-10-3-7-14-8-4-10/h1-4,6-8,15H,5,9H2,(H2,13,16). The highest BCUT2D eigenvalue weighted by molar-refractivity contribution is 5.60.